The Kier molecular flexibility index (Phi) is 7.76. The van der Waals surface area contributed by atoms with Crippen molar-refractivity contribution in [2.24, 2.45) is 0 Å². The van der Waals surface area contributed by atoms with Gasteiger partial charge < -0.3 is 19.1 Å². The molecule has 2 aliphatic rings. The van der Waals surface area contributed by atoms with Crippen molar-refractivity contribution in [1.29, 1.82) is 5.26 Å². The summed E-state index contributed by atoms with van der Waals surface area (Å²) in [5, 5.41) is 11.9. The van der Waals surface area contributed by atoms with Crippen LogP contribution in [0.3, 0.4) is 0 Å². The third kappa shape index (κ3) is 4.63. The number of rotatable bonds is 10. The Hall–Kier alpha value is -2.09. The highest BCUT2D eigenvalue weighted by atomic mass is 31.2. The minimum atomic E-state index is -1.64. The van der Waals surface area contributed by atoms with E-state index >= 15 is 0 Å². The Morgan fingerprint density at radius 2 is 1.97 bits per heavy atom. The first-order valence-corrected chi connectivity index (χ1v) is 12.3. The summed E-state index contributed by atoms with van der Waals surface area (Å²) in [4.78, 5) is 39.6. The van der Waals surface area contributed by atoms with Crippen LogP contribution < -0.4 is 16.6 Å². The van der Waals surface area contributed by atoms with Gasteiger partial charge in [-0.05, 0) is 41.0 Å². The first kappa shape index (κ1) is 25.5. The molecule has 0 radical (unpaired) electrons. The van der Waals surface area contributed by atoms with Gasteiger partial charge >= 0.3 is 5.69 Å². The molecule has 33 heavy (non-hydrogen) atoms. The maximum atomic E-state index is 12.9. The predicted octanol–water partition coefficient (Wildman–Crippen LogP) is 1.68. The maximum absolute atomic E-state index is 12.9. The molecule has 1 aromatic rings. The molecule has 2 fully saturated rings. The lowest BCUT2D eigenvalue weighted by atomic mass is 9.96. The lowest BCUT2D eigenvalue weighted by molar-refractivity contribution is -0.162. The number of carbonyl (C=O) groups excluding carboxylic acids is 1. The average molecular weight is 481 g/mol. The van der Waals surface area contributed by atoms with Crippen LogP contribution in [-0.2, 0) is 18.6 Å². The Morgan fingerprint density at radius 3 is 2.55 bits per heavy atom. The molecule has 182 valence electrons. The lowest BCUT2D eigenvalue weighted by Crippen LogP contribution is -2.50. The number of morpholine rings is 1. The molecule has 3 rings (SSSR count). The van der Waals surface area contributed by atoms with Gasteiger partial charge in [0.15, 0.2) is 11.8 Å². The zero-order valence-electron chi connectivity index (χ0n) is 19.8. The van der Waals surface area contributed by atoms with Crippen LogP contribution >= 0.6 is 8.53 Å². The highest BCUT2D eigenvalue weighted by Gasteiger charge is 2.67. The fourth-order valence-electron chi connectivity index (χ4n) is 4.39. The van der Waals surface area contributed by atoms with E-state index in [1.54, 1.807) is 6.92 Å². The Labute approximate surface area is 194 Å². The number of aryl methyl sites for hydroxylation is 1. The number of aromatic nitrogens is 2. The fraction of sp³-hybridized carbons (Fsp3) is 0.714. The number of amides is 1. The minimum absolute atomic E-state index is 0.0830. The van der Waals surface area contributed by atoms with Crippen molar-refractivity contribution in [3.63, 3.8) is 0 Å². The minimum Gasteiger partial charge on any atom is -0.343 e. The zero-order valence-corrected chi connectivity index (χ0v) is 20.7. The molecule has 12 heteroatoms. The van der Waals surface area contributed by atoms with Gasteiger partial charge in [0.05, 0.1) is 19.1 Å². The van der Waals surface area contributed by atoms with Crippen LogP contribution in [0, 0.1) is 18.3 Å². The number of nitrogens with zero attached hydrogens (tertiary/aromatic N) is 3. The number of aromatic amines is 1. The molecule has 2 bridgehead atoms. The van der Waals surface area contributed by atoms with Crippen LogP contribution in [0.5, 0.6) is 0 Å². The van der Waals surface area contributed by atoms with Crippen LogP contribution in [0.4, 0.5) is 0 Å². The third-order valence-corrected chi connectivity index (χ3v) is 8.03. The van der Waals surface area contributed by atoms with Crippen LogP contribution in [0.25, 0.3) is 0 Å². The molecule has 1 amide bonds. The van der Waals surface area contributed by atoms with Gasteiger partial charge in [-0.25, -0.2) is 9.46 Å². The quantitative estimate of drug-likeness (QED) is 0.380. The van der Waals surface area contributed by atoms with Crippen molar-refractivity contribution in [3.8, 4) is 6.07 Å². The van der Waals surface area contributed by atoms with E-state index in [-0.39, 0.29) is 31.0 Å². The SMILES string of the molecule is CC[C@@]12O[C@@H](n3cc(C)c(=O)[nH]c3=O)[C@@H](NC1=O)C2OP(OCCC#N)N(C(C)C)C(C)C. The van der Waals surface area contributed by atoms with Gasteiger partial charge in [-0.1, -0.05) is 6.92 Å². The molecular formula is C21H32N5O6P. The highest BCUT2D eigenvalue weighted by molar-refractivity contribution is 7.44. The van der Waals surface area contributed by atoms with E-state index < -0.39 is 43.7 Å². The van der Waals surface area contributed by atoms with Crippen LogP contribution in [0.1, 0.15) is 59.3 Å². The second kappa shape index (κ2) is 10.0. The number of nitriles is 1. The standard InChI is InChI=1S/C21H32N5O6P/c1-7-21-16(32-33(30-10-8-9-22)26(12(2)3)13(4)5)15(23-19(21)28)18(31-21)25-11-14(6)17(27)24-20(25)29/h11-13,15-16,18H,7-8,10H2,1-6H3,(H,23,28)(H,24,27,29)/t15-,16?,18+,21-,33?/m0/s1. The second-order valence-electron chi connectivity index (χ2n) is 8.80. The summed E-state index contributed by atoms with van der Waals surface area (Å²) in [5.74, 6) is -0.307. The van der Waals surface area contributed by atoms with Crippen molar-refractivity contribution < 1.29 is 18.6 Å². The zero-order chi connectivity index (χ0) is 24.5. The van der Waals surface area contributed by atoms with E-state index in [2.05, 4.69) is 21.0 Å². The smallest absolute Gasteiger partial charge is 0.330 e. The van der Waals surface area contributed by atoms with Crippen molar-refractivity contribution in [2.75, 3.05) is 6.61 Å². The monoisotopic (exact) mass is 481 g/mol. The molecule has 1 aromatic heterocycles. The molecule has 2 N–H and O–H groups in total. The van der Waals surface area contributed by atoms with E-state index in [0.717, 1.165) is 0 Å². The van der Waals surface area contributed by atoms with E-state index in [1.807, 2.05) is 34.6 Å². The number of nitrogens with one attached hydrogen (secondary N) is 2. The summed E-state index contributed by atoms with van der Waals surface area (Å²) < 4.78 is 22.1. The molecule has 2 saturated heterocycles. The number of hydrogen-bond acceptors (Lipinski definition) is 8. The second-order valence-corrected chi connectivity index (χ2v) is 10.2. The van der Waals surface area contributed by atoms with E-state index in [4.69, 9.17) is 19.0 Å². The summed E-state index contributed by atoms with van der Waals surface area (Å²) in [5.41, 5.74) is -2.05. The summed E-state index contributed by atoms with van der Waals surface area (Å²) in [6.45, 7) is 11.7. The number of H-pyrrole nitrogens is 1. The molecule has 0 aromatic carbocycles. The Balaban J connectivity index is 1.98. The normalized spacial score (nSPS) is 27.4. The van der Waals surface area contributed by atoms with Gasteiger partial charge in [-0.2, -0.15) is 5.26 Å². The molecule has 11 nitrogen and oxygen atoms in total. The number of ether oxygens (including phenoxy) is 1. The molecule has 5 atom stereocenters. The topological polar surface area (TPSA) is 139 Å². The van der Waals surface area contributed by atoms with E-state index in [0.29, 0.717) is 12.0 Å². The van der Waals surface area contributed by atoms with Crippen LogP contribution in [0.2, 0.25) is 0 Å². The summed E-state index contributed by atoms with van der Waals surface area (Å²) in [7, 11) is -1.64. The molecule has 0 saturated carbocycles. The molecule has 2 aliphatic heterocycles. The summed E-state index contributed by atoms with van der Waals surface area (Å²) >= 11 is 0. The Bertz CT molecular complexity index is 1030. The van der Waals surface area contributed by atoms with Crippen LogP contribution in [0.15, 0.2) is 15.8 Å². The fourth-order valence-corrected chi connectivity index (χ4v) is 6.19. The van der Waals surface area contributed by atoms with Gasteiger partial charge in [0.2, 0.25) is 0 Å². The van der Waals surface area contributed by atoms with Crippen molar-refractivity contribution >= 4 is 14.4 Å². The first-order chi connectivity index (χ1) is 15.6. The lowest BCUT2D eigenvalue weighted by Gasteiger charge is -2.38. The molecule has 0 aliphatic carbocycles. The number of carbonyl (C=O) groups is 1. The predicted molar refractivity (Wildman–Crippen MR) is 121 cm³/mol. The van der Waals surface area contributed by atoms with E-state index in [9.17, 15) is 14.4 Å². The van der Waals surface area contributed by atoms with Crippen molar-refractivity contribution in [3.05, 3.63) is 32.6 Å². The molecule has 0 spiro atoms. The number of fused-ring (bicyclic) bond motifs is 2. The number of hydrogen-bond donors (Lipinski definition) is 2. The largest absolute Gasteiger partial charge is 0.343 e. The molecule has 2 unspecified atom stereocenters. The van der Waals surface area contributed by atoms with Gasteiger partial charge in [0, 0.05) is 23.8 Å². The van der Waals surface area contributed by atoms with Crippen LogP contribution in [-0.4, -0.2) is 56.6 Å². The summed E-state index contributed by atoms with van der Waals surface area (Å²) in [6.07, 6.45) is 0.380. The van der Waals surface area contributed by atoms with E-state index in [1.165, 1.54) is 10.8 Å². The van der Waals surface area contributed by atoms with Crippen molar-refractivity contribution in [2.45, 2.75) is 90.4 Å². The first-order valence-electron chi connectivity index (χ1n) is 11.1. The maximum Gasteiger partial charge on any atom is 0.330 e. The van der Waals surface area contributed by atoms with Gasteiger partial charge in [-0.3, -0.25) is 19.1 Å². The average Bonchev–Trinajstić information content (AvgIpc) is 3.18. The molecular weight excluding hydrogens is 449 g/mol. The third-order valence-electron chi connectivity index (χ3n) is 5.92. The molecule has 3 heterocycles. The van der Waals surface area contributed by atoms with Gasteiger partial charge in [-0.15, -0.1) is 0 Å². The Morgan fingerprint density at radius 1 is 1.30 bits per heavy atom. The van der Waals surface area contributed by atoms with Crippen molar-refractivity contribution in [1.82, 2.24) is 19.5 Å². The summed E-state index contributed by atoms with van der Waals surface area (Å²) in [6, 6.07) is 1.57. The van der Waals surface area contributed by atoms with Gasteiger partial charge in [0.25, 0.3) is 20.0 Å². The van der Waals surface area contributed by atoms with Gasteiger partial charge in [0.1, 0.15) is 12.1 Å². The highest BCUT2D eigenvalue weighted by Crippen LogP contribution is 2.54.